The molecule has 0 radical (unpaired) electrons. The average Bonchev–Trinajstić information content (AvgIpc) is 2.49. The molecular formula is C15H24N4O2. The van der Waals surface area contributed by atoms with Gasteiger partial charge in [0.05, 0.1) is 4.92 Å². The smallest absolute Gasteiger partial charge is 0.287 e. The molecule has 1 heterocycles. The number of nitro groups is 1. The maximum atomic E-state index is 10.8. The third-order valence-corrected chi connectivity index (χ3v) is 4.43. The first-order chi connectivity index (χ1) is 10.1. The highest BCUT2D eigenvalue weighted by Crippen LogP contribution is 2.32. The van der Waals surface area contributed by atoms with Crippen LogP contribution < -0.4 is 10.6 Å². The monoisotopic (exact) mass is 292 g/mol. The van der Waals surface area contributed by atoms with Crippen molar-refractivity contribution >= 4 is 11.5 Å². The lowest BCUT2D eigenvalue weighted by Gasteiger charge is -2.40. The van der Waals surface area contributed by atoms with E-state index in [-0.39, 0.29) is 5.69 Å². The first-order valence-corrected chi connectivity index (χ1v) is 7.66. The molecule has 2 atom stereocenters. The van der Waals surface area contributed by atoms with Crippen LogP contribution in [0.2, 0.25) is 0 Å². The lowest BCUT2D eigenvalue weighted by molar-refractivity contribution is -0.385. The number of anilines is 1. The predicted octanol–water partition coefficient (Wildman–Crippen LogP) is 2.64. The molecule has 2 unspecified atom stereocenters. The summed E-state index contributed by atoms with van der Waals surface area (Å²) in [6.45, 7) is 5.52. The molecule has 6 heteroatoms. The van der Waals surface area contributed by atoms with Gasteiger partial charge >= 0.3 is 0 Å². The van der Waals surface area contributed by atoms with Gasteiger partial charge in [0.1, 0.15) is 12.0 Å². The zero-order valence-corrected chi connectivity index (χ0v) is 12.8. The van der Waals surface area contributed by atoms with Crippen molar-refractivity contribution in [2.24, 2.45) is 11.7 Å². The van der Waals surface area contributed by atoms with E-state index < -0.39 is 4.92 Å². The third-order valence-electron chi connectivity index (χ3n) is 4.43. The van der Waals surface area contributed by atoms with Crippen molar-refractivity contribution < 1.29 is 4.92 Å². The van der Waals surface area contributed by atoms with Crippen molar-refractivity contribution in [1.29, 1.82) is 0 Å². The van der Waals surface area contributed by atoms with Crippen LogP contribution in [0.15, 0.2) is 12.3 Å². The highest BCUT2D eigenvalue weighted by Gasteiger charge is 2.30. The minimum absolute atomic E-state index is 0.0475. The molecule has 0 spiro atoms. The summed E-state index contributed by atoms with van der Waals surface area (Å²) in [5.74, 6) is 1.34. The van der Waals surface area contributed by atoms with Crippen LogP contribution in [0.1, 0.15) is 38.2 Å². The van der Waals surface area contributed by atoms with Crippen LogP contribution in [0.4, 0.5) is 11.5 Å². The molecule has 2 rings (SSSR count). The van der Waals surface area contributed by atoms with Gasteiger partial charge in [-0.05, 0) is 44.7 Å². The Morgan fingerprint density at radius 3 is 2.76 bits per heavy atom. The van der Waals surface area contributed by atoms with Gasteiger partial charge in [-0.1, -0.05) is 12.8 Å². The fraction of sp³-hybridized carbons (Fsp3) is 0.667. The molecule has 21 heavy (non-hydrogen) atoms. The number of hydrogen-bond acceptors (Lipinski definition) is 5. The van der Waals surface area contributed by atoms with Gasteiger partial charge in [-0.25, -0.2) is 4.98 Å². The highest BCUT2D eigenvalue weighted by atomic mass is 16.6. The Balaban J connectivity index is 2.30. The molecule has 1 aromatic heterocycles. The molecule has 0 amide bonds. The first kappa shape index (κ1) is 15.7. The van der Waals surface area contributed by atoms with Gasteiger partial charge in [0.2, 0.25) is 0 Å². The van der Waals surface area contributed by atoms with Gasteiger partial charge in [0.15, 0.2) is 0 Å². The van der Waals surface area contributed by atoms with Crippen molar-refractivity contribution in [3.05, 3.63) is 27.9 Å². The van der Waals surface area contributed by atoms with E-state index in [1.165, 1.54) is 19.0 Å². The highest BCUT2D eigenvalue weighted by molar-refractivity contribution is 5.51. The summed E-state index contributed by atoms with van der Waals surface area (Å²) in [6, 6.07) is 1.99. The molecule has 1 aromatic rings. The fourth-order valence-electron chi connectivity index (χ4n) is 3.37. The normalized spacial score (nSPS) is 22.0. The molecule has 6 nitrogen and oxygen atoms in total. The number of aryl methyl sites for hydroxylation is 1. The van der Waals surface area contributed by atoms with Gasteiger partial charge in [-0.15, -0.1) is 0 Å². The van der Waals surface area contributed by atoms with Crippen LogP contribution in [0.3, 0.4) is 0 Å². The van der Waals surface area contributed by atoms with E-state index in [1.54, 1.807) is 6.07 Å². The second-order valence-corrected chi connectivity index (χ2v) is 5.72. The standard InChI is InChI=1S/C15H24N4O2/c1-3-18(14-7-5-4-6-12(14)9-16)15-11(2)8-13(10-17-15)19(20)21/h8,10,12,14H,3-7,9,16H2,1-2H3. The second-order valence-electron chi connectivity index (χ2n) is 5.72. The van der Waals surface area contributed by atoms with Gasteiger partial charge < -0.3 is 10.6 Å². The van der Waals surface area contributed by atoms with Crippen LogP contribution in [-0.2, 0) is 0 Å². The summed E-state index contributed by atoms with van der Waals surface area (Å²) < 4.78 is 0. The maximum Gasteiger partial charge on any atom is 0.287 e. The van der Waals surface area contributed by atoms with E-state index in [0.29, 0.717) is 18.5 Å². The van der Waals surface area contributed by atoms with Gasteiger partial charge in [-0.3, -0.25) is 10.1 Å². The van der Waals surface area contributed by atoms with Crippen molar-refractivity contribution in [3.8, 4) is 0 Å². The SMILES string of the molecule is CCN(c1ncc([N+](=O)[O-])cc1C)C1CCCCC1CN. The van der Waals surface area contributed by atoms with Crippen molar-refractivity contribution in [2.45, 2.75) is 45.6 Å². The molecule has 116 valence electrons. The van der Waals surface area contributed by atoms with E-state index in [1.807, 2.05) is 6.92 Å². The molecule has 1 fully saturated rings. The van der Waals surface area contributed by atoms with E-state index in [4.69, 9.17) is 5.73 Å². The van der Waals surface area contributed by atoms with E-state index >= 15 is 0 Å². The number of aromatic nitrogens is 1. The van der Waals surface area contributed by atoms with Crippen molar-refractivity contribution in [2.75, 3.05) is 18.0 Å². The van der Waals surface area contributed by atoms with E-state index in [9.17, 15) is 10.1 Å². The van der Waals surface area contributed by atoms with Crippen LogP contribution in [0, 0.1) is 23.0 Å². The third kappa shape index (κ3) is 3.32. The Morgan fingerprint density at radius 2 is 2.19 bits per heavy atom. The molecule has 0 aromatic carbocycles. The summed E-state index contributed by atoms with van der Waals surface area (Å²) >= 11 is 0. The van der Waals surface area contributed by atoms with Crippen LogP contribution >= 0.6 is 0 Å². The zero-order chi connectivity index (χ0) is 15.4. The fourth-order valence-corrected chi connectivity index (χ4v) is 3.37. The quantitative estimate of drug-likeness (QED) is 0.666. The molecule has 0 bridgehead atoms. The Kier molecular flexibility index (Phi) is 5.12. The summed E-state index contributed by atoms with van der Waals surface area (Å²) in [6.07, 6.45) is 6.08. The van der Waals surface area contributed by atoms with Crippen LogP contribution in [0.25, 0.3) is 0 Å². The second kappa shape index (κ2) is 6.85. The van der Waals surface area contributed by atoms with Gasteiger partial charge in [0, 0.05) is 18.7 Å². The summed E-state index contributed by atoms with van der Waals surface area (Å²) in [5, 5.41) is 10.8. The number of nitrogens with zero attached hydrogens (tertiary/aromatic N) is 3. The molecule has 0 saturated heterocycles. The Morgan fingerprint density at radius 1 is 1.48 bits per heavy atom. The number of rotatable bonds is 5. The number of hydrogen-bond donors (Lipinski definition) is 1. The summed E-state index contributed by atoms with van der Waals surface area (Å²) in [7, 11) is 0. The lowest BCUT2D eigenvalue weighted by Crippen LogP contribution is -2.45. The van der Waals surface area contributed by atoms with Crippen molar-refractivity contribution in [3.63, 3.8) is 0 Å². The van der Waals surface area contributed by atoms with Crippen molar-refractivity contribution in [1.82, 2.24) is 4.98 Å². The largest absolute Gasteiger partial charge is 0.353 e. The zero-order valence-electron chi connectivity index (χ0n) is 12.8. The minimum atomic E-state index is -0.399. The molecular weight excluding hydrogens is 268 g/mol. The Bertz CT molecular complexity index is 506. The van der Waals surface area contributed by atoms with Crippen LogP contribution in [0.5, 0.6) is 0 Å². The molecule has 1 aliphatic rings. The van der Waals surface area contributed by atoms with Gasteiger partial charge in [0.25, 0.3) is 5.69 Å². The summed E-state index contributed by atoms with van der Waals surface area (Å²) in [4.78, 5) is 17.1. The summed E-state index contributed by atoms with van der Waals surface area (Å²) in [5.41, 5.74) is 6.83. The maximum absolute atomic E-state index is 10.8. The first-order valence-electron chi connectivity index (χ1n) is 7.66. The van der Waals surface area contributed by atoms with Crippen LogP contribution in [-0.4, -0.2) is 29.0 Å². The van der Waals surface area contributed by atoms with E-state index in [2.05, 4.69) is 16.8 Å². The number of pyridine rings is 1. The lowest BCUT2D eigenvalue weighted by atomic mass is 9.83. The predicted molar refractivity (Wildman–Crippen MR) is 83.4 cm³/mol. The van der Waals surface area contributed by atoms with E-state index in [0.717, 1.165) is 30.8 Å². The minimum Gasteiger partial charge on any atom is -0.353 e. The Labute approximate surface area is 125 Å². The topological polar surface area (TPSA) is 85.3 Å². The molecule has 0 aliphatic heterocycles. The molecule has 1 saturated carbocycles. The average molecular weight is 292 g/mol. The Hall–Kier alpha value is -1.69. The molecule has 2 N–H and O–H groups in total. The molecule has 1 aliphatic carbocycles. The van der Waals surface area contributed by atoms with Gasteiger partial charge in [-0.2, -0.15) is 0 Å². The number of nitrogens with two attached hydrogens (primary N) is 1.